The second kappa shape index (κ2) is 9.49. The van der Waals surface area contributed by atoms with E-state index >= 15 is 0 Å². The summed E-state index contributed by atoms with van der Waals surface area (Å²) in [7, 11) is 0. The SMILES string of the molecule is O=C1C[C@H](NC(=O)[C@@H]2COC[C@@H]3C/C=C\C[C@H](NC(=O)c4ccccc4)C(=O)N32)C(O)O1. The molecule has 4 rings (SSSR count). The van der Waals surface area contributed by atoms with Crippen LogP contribution in [0.5, 0.6) is 0 Å². The minimum absolute atomic E-state index is 0.0330. The van der Waals surface area contributed by atoms with Gasteiger partial charge in [0.05, 0.1) is 25.7 Å². The van der Waals surface area contributed by atoms with Crippen LogP contribution in [0.1, 0.15) is 29.6 Å². The molecular weight excluding hydrogens is 418 g/mol. The van der Waals surface area contributed by atoms with Crippen LogP contribution in [0.3, 0.4) is 0 Å². The Balaban J connectivity index is 1.52. The van der Waals surface area contributed by atoms with Gasteiger partial charge in [-0.25, -0.2) is 0 Å². The maximum Gasteiger partial charge on any atom is 0.310 e. The lowest BCUT2D eigenvalue weighted by atomic mass is 9.99. The summed E-state index contributed by atoms with van der Waals surface area (Å²) in [6, 6.07) is 5.48. The predicted molar refractivity (Wildman–Crippen MR) is 110 cm³/mol. The maximum atomic E-state index is 13.5. The van der Waals surface area contributed by atoms with Crippen molar-refractivity contribution in [3.63, 3.8) is 0 Å². The molecule has 1 aromatic rings. The Morgan fingerprint density at radius 1 is 1.03 bits per heavy atom. The lowest BCUT2D eigenvalue weighted by molar-refractivity contribution is -0.159. The number of nitrogens with zero attached hydrogens (tertiary/aromatic N) is 1. The molecule has 32 heavy (non-hydrogen) atoms. The first-order valence-corrected chi connectivity index (χ1v) is 10.5. The van der Waals surface area contributed by atoms with Crippen molar-refractivity contribution in [3.8, 4) is 0 Å². The minimum atomic E-state index is -1.43. The first kappa shape index (κ1) is 22.0. The molecule has 0 aromatic heterocycles. The molecule has 3 aliphatic rings. The molecule has 10 heteroatoms. The second-order valence-corrected chi connectivity index (χ2v) is 7.99. The van der Waals surface area contributed by atoms with Crippen LogP contribution < -0.4 is 10.6 Å². The van der Waals surface area contributed by atoms with E-state index in [4.69, 9.17) is 4.74 Å². The predicted octanol–water partition coefficient (Wildman–Crippen LogP) is -0.519. The highest BCUT2D eigenvalue weighted by Crippen LogP contribution is 2.23. The number of esters is 1. The number of amides is 3. The minimum Gasteiger partial charge on any atom is -0.434 e. The number of ether oxygens (including phenoxy) is 2. The Bertz CT molecular complexity index is 919. The largest absolute Gasteiger partial charge is 0.434 e. The normalized spacial score (nSPS) is 31.0. The average Bonchev–Trinajstić information content (AvgIpc) is 3.10. The highest BCUT2D eigenvalue weighted by Gasteiger charge is 2.44. The van der Waals surface area contributed by atoms with Crippen LogP contribution in [-0.2, 0) is 23.9 Å². The van der Waals surface area contributed by atoms with Gasteiger partial charge in [-0.05, 0) is 25.0 Å². The van der Waals surface area contributed by atoms with Gasteiger partial charge in [0.2, 0.25) is 18.1 Å². The molecule has 0 saturated carbocycles. The standard InChI is InChI=1S/C22H25N3O7/c26-18-10-16(22(30)32-18)24-20(28)17-12-31-11-14-8-4-5-9-15(21(29)25(14)17)23-19(27)13-6-2-1-3-7-13/h1-7,14-17,22,30H,8-12H2,(H,23,27)(H,24,28)/b5-4-/t14-,15-,16-,17-,22?/m0/s1. The number of benzene rings is 1. The zero-order valence-corrected chi connectivity index (χ0v) is 17.3. The van der Waals surface area contributed by atoms with E-state index in [1.807, 2.05) is 12.2 Å². The summed E-state index contributed by atoms with van der Waals surface area (Å²) >= 11 is 0. The van der Waals surface area contributed by atoms with Crippen LogP contribution in [0.15, 0.2) is 42.5 Å². The molecule has 3 N–H and O–H groups in total. The smallest absolute Gasteiger partial charge is 0.310 e. The van der Waals surface area contributed by atoms with Gasteiger partial charge in [-0.1, -0.05) is 30.4 Å². The number of aliphatic hydroxyl groups excluding tert-OH is 1. The van der Waals surface area contributed by atoms with Gasteiger partial charge in [0.1, 0.15) is 18.1 Å². The number of morpholine rings is 1. The van der Waals surface area contributed by atoms with E-state index in [0.29, 0.717) is 18.4 Å². The third kappa shape index (κ3) is 4.66. The monoisotopic (exact) mass is 443 g/mol. The molecular formula is C22H25N3O7. The highest BCUT2D eigenvalue weighted by molar-refractivity contribution is 5.98. The van der Waals surface area contributed by atoms with Crippen molar-refractivity contribution in [1.82, 2.24) is 15.5 Å². The van der Waals surface area contributed by atoms with Gasteiger partial charge in [0.15, 0.2) is 0 Å². The quantitative estimate of drug-likeness (QED) is 0.421. The zero-order chi connectivity index (χ0) is 22.7. The Morgan fingerprint density at radius 3 is 2.50 bits per heavy atom. The fourth-order valence-corrected chi connectivity index (χ4v) is 4.11. The summed E-state index contributed by atoms with van der Waals surface area (Å²) in [5.74, 6) is -1.93. The summed E-state index contributed by atoms with van der Waals surface area (Å²) in [6.07, 6.45) is 2.95. The van der Waals surface area contributed by atoms with E-state index in [0.717, 1.165) is 0 Å². The fourth-order valence-electron chi connectivity index (χ4n) is 4.11. The molecule has 3 aliphatic heterocycles. The second-order valence-electron chi connectivity index (χ2n) is 7.99. The van der Waals surface area contributed by atoms with Crippen molar-refractivity contribution in [3.05, 3.63) is 48.0 Å². The molecule has 0 aliphatic carbocycles. The number of rotatable bonds is 4. The highest BCUT2D eigenvalue weighted by atomic mass is 16.6. The third-order valence-electron chi connectivity index (χ3n) is 5.77. The van der Waals surface area contributed by atoms with E-state index in [2.05, 4.69) is 15.4 Å². The molecule has 1 aromatic carbocycles. The molecule has 3 heterocycles. The van der Waals surface area contributed by atoms with Gasteiger partial charge in [0, 0.05) is 5.56 Å². The van der Waals surface area contributed by atoms with Crippen LogP contribution >= 0.6 is 0 Å². The summed E-state index contributed by atoms with van der Waals surface area (Å²) in [5, 5.41) is 15.2. The van der Waals surface area contributed by atoms with Crippen molar-refractivity contribution in [1.29, 1.82) is 0 Å². The molecule has 2 saturated heterocycles. The van der Waals surface area contributed by atoms with Gasteiger partial charge >= 0.3 is 5.97 Å². The average molecular weight is 443 g/mol. The van der Waals surface area contributed by atoms with E-state index in [1.54, 1.807) is 30.3 Å². The Morgan fingerprint density at radius 2 is 1.78 bits per heavy atom. The Labute approximate surface area is 184 Å². The van der Waals surface area contributed by atoms with Crippen molar-refractivity contribution in [2.45, 2.75) is 49.7 Å². The van der Waals surface area contributed by atoms with Gasteiger partial charge in [-0.2, -0.15) is 0 Å². The number of hydrogen-bond acceptors (Lipinski definition) is 7. The van der Waals surface area contributed by atoms with Gasteiger partial charge in [0.25, 0.3) is 5.91 Å². The molecule has 10 nitrogen and oxygen atoms in total. The van der Waals surface area contributed by atoms with Crippen LogP contribution in [0.2, 0.25) is 0 Å². The van der Waals surface area contributed by atoms with Crippen molar-refractivity contribution in [2.75, 3.05) is 13.2 Å². The Kier molecular flexibility index (Phi) is 6.52. The molecule has 2 fully saturated rings. The van der Waals surface area contributed by atoms with Crippen molar-refractivity contribution >= 4 is 23.7 Å². The number of aliphatic hydroxyl groups is 1. The topological polar surface area (TPSA) is 134 Å². The lowest BCUT2D eigenvalue weighted by Crippen LogP contribution is -2.65. The van der Waals surface area contributed by atoms with Crippen LogP contribution in [0.4, 0.5) is 0 Å². The molecule has 3 amide bonds. The Hall–Kier alpha value is -3.24. The number of nitrogens with one attached hydrogen (secondary N) is 2. The molecule has 1 unspecified atom stereocenters. The number of cyclic esters (lactones) is 1. The summed E-state index contributed by atoms with van der Waals surface area (Å²) < 4.78 is 10.2. The number of fused-ring (bicyclic) bond motifs is 1. The summed E-state index contributed by atoms with van der Waals surface area (Å²) in [5.41, 5.74) is 0.430. The zero-order valence-electron chi connectivity index (χ0n) is 17.3. The van der Waals surface area contributed by atoms with Gasteiger partial charge < -0.3 is 30.1 Å². The van der Waals surface area contributed by atoms with E-state index in [-0.39, 0.29) is 37.5 Å². The van der Waals surface area contributed by atoms with E-state index < -0.39 is 36.3 Å². The van der Waals surface area contributed by atoms with E-state index in [9.17, 15) is 24.3 Å². The van der Waals surface area contributed by atoms with Gasteiger partial charge in [-0.15, -0.1) is 0 Å². The van der Waals surface area contributed by atoms with Gasteiger partial charge in [-0.3, -0.25) is 19.2 Å². The molecule has 0 bridgehead atoms. The van der Waals surface area contributed by atoms with Crippen molar-refractivity contribution in [2.24, 2.45) is 0 Å². The summed E-state index contributed by atoms with van der Waals surface area (Å²) in [6.45, 7) is 0.224. The van der Waals surface area contributed by atoms with Crippen LogP contribution in [-0.4, -0.2) is 77.4 Å². The molecule has 0 spiro atoms. The number of carbonyl (C=O) groups excluding carboxylic acids is 4. The molecule has 170 valence electrons. The van der Waals surface area contributed by atoms with Crippen molar-refractivity contribution < 1.29 is 33.8 Å². The third-order valence-corrected chi connectivity index (χ3v) is 5.77. The summed E-state index contributed by atoms with van der Waals surface area (Å²) in [4.78, 5) is 52.0. The fraction of sp³-hybridized carbons (Fsp3) is 0.455. The lowest BCUT2D eigenvalue weighted by Gasteiger charge is -2.43. The molecule has 5 atom stereocenters. The van der Waals surface area contributed by atoms with Crippen LogP contribution in [0, 0.1) is 0 Å². The number of hydrogen-bond donors (Lipinski definition) is 3. The maximum absolute atomic E-state index is 13.5. The molecule has 0 radical (unpaired) electrons. The number of carbonyl (C=O) groups is 4. The van der Waals surface area contributed by atoms with E-state index in [1.165, 1.54) is 4.90 Å². The first-order valence-electron chi connectivity index (χ1n) is 10.5. The first-order chi connectivity index (χ1) is 15.4. The van der Waals surface area contributed by atoms with Crippen LogP contribution in [0.25, 0.3) is 0 Å².